The molecule has 102 valence electrons. The minimum Gasteiger partial charge on any atom is -0.464 e. The summed E-state index contributed by atoms with van der Waals surface area (Å²) in [6, 6.07) is 6.59. The van der Waals surface area contributed by atoms with Crippen molar-refractivity contribution in [3.8, 4) is 6.07 Å². The molecule has 0 spiro atoms. The van der Waals surface area contributed by atoms with Crippen LogP contribution in [-0.4, -0.2) is 18.6 Å². The van der Waals surface area contributed by atoms with Crippen LogP contribution in [0.5, 0.6) is 0 Å². The van der Waals surface area contributed by atoms with Crippen LogP contribution in [0.4, 0.5) is 5.69 Å². The molecule has 0 radical (unpaired) electrons. The molecular weight excluding hydrogens is 264 g/mol. The molecule has 0 aromatic heterocycles. The van der Waals surface area contributed by atoms with Crippen molar-refractivity contribution in [3.63, 3.8) is 0 Å². The lowest BCUT2D eigenvalue weighted by Crippen LogP contribution is -2.31. The van der Waals surface area contributed by atoms with Gasteiger partial charge >= 0.3 is 5.97 Å². The number of carbonyl (C=O) groups is 1. The van der Waals surface area contributed by atoms with Crippen molar-refractivity contribution >= 4 is 23.3 Å². The lowest BCUT2D eigenvalue weighted by Gasteiger charge is -2.18. The maximum absolute atomic E-state index is 11.8. The molecule has 0 saturated carbocycles. The number of halogens is 1. The molecule has 0 fully saturated rings. The molecule has 1 rings (SSSR count). The highest BCUT2D eigenvalue weighted by atomic mass is 35.5. The molecule has 0 amide bonds. The van der Waals surface area contributed by atoms with Crippen LogP contribution in [0.1, 0.15) is 32.3 Å². The summed E-state index contributed by atoms with van der Waals surface area (Å²) in [6.45, 7) is 4.13. The van der Waals surface area contributed by atoms with Gasteiger partial charge in [0.1, 0.15) is 12.1 Å². The third-order valence-electron chi connectivity index (χ3n) is 2.58. The molecule has 4 nitrogen and oxygen atoms in total. The van der Waals surface area contributed by atoms with Gasteiger partial charge in [-0.15, -0.1) is 0 Å². The Morgan fingerprint density at radius 3 is 2.79 bits per heavy atom. The summed E-state index contributed by atoms with van der Waals surface area (Å²) in [4.78, 5) is 11.8. The van der Waals surface area contributed by atoms with Gasteiger partial charge in [0.15, 0.2) is 0 Å². The zero-order valence-corrected chi connectivity index (χ0v) is 11.8. The molecule has 1 N–H and O–H groups in total. The SMILES string of the molecule is CCCC(Nc1ccc(C#N)c(Cl)c1)C(=O)OCC. The summed E-state index contributed by atoms with van der Waals surface area (Å²) in [6.07, 6.45) is 1.54. The molecule has 0 heterocycles. The first-order valence-electron chi connectivity index (χ1n) is 6.25. The maximum Gasteiger partial charge on any atom is 0.328 e. The van der Waals surface area contributed by atoms with Crippen molar-refractivity contribution in [2.45, 2.75) is 32.7 Å². The molecule has 1 unspecified atom stereocenters. The fourth-order valence-corrected chi connectivity index (χ4v) is 1.90. The molecular formula is C14H17ClN2O2. The van der Waals surface area contributed by atoms with Crippen LogP contribution in [0.25, 0.3) is 0 Å². The standard InChI is InChI=1S/C14H17ClN2O2/c1-3-5-13(14(18)19-4-2)17-11-7-6-10(9-16)12(15)8-11/h6-8,13,17H,3-5H2,1-2H3. The third-order valence-corrected chi connectivity index (χ3v) is 2.89. The summed E-state index contributed by atoms with van der Waals surface area (Å²) in [7, 11) is 0. The molecule has 0 aliphatic carbocycles. The molecule has 1 atom stereocenters. The number of hydrogen-bond acceptors (Lipinski definition) is 4. The van der Waals surface area contributed by atoms with Gasteiger partial charge in [0.25, 0.3) is 0 Å². The van der Waals surface area contributed by atoms with E-state index in [0.717, 1.165) is 6.42 Å². The quantitative estimate of drug-likeness (QED) is 0.812. The smallest absolute Gasteiger partial charge is 0.328 e. The van der Waals surface area contributed by atoms with Gasteiger partial charge in [-0.2, -0.15) is 5.26 Å². The van der Waals surface area contributed by atoms with E-state index in [1.807, 2.05) is 13.0 Å². The molecule has 0 saturated heterocycles. The Hall–Kier alpha value is -1.73. The van der Waals surface area contributed by atoms with Crippen LogP contribution in [0.15, 0.2) is 18.2 Å². The second-order valence-electron chi connectivity index (χ2n) is 4.04. The van der Waals surface area contributed by atoms with Crippen molar-refractivity contribution in [1.29, 1.82) is 5.26 Å². The number of hydrogen-bond donors (Lipinski definition) is 1. The van der Waals surface area contributed by atoms with E-state index in [0.29, 0.717) is 29.3 Å². The zero-order chi connectivity index (χ0) is 14.3. The number of esters is 1. The number of carbonyl (C=O) groups excluding carboxylic acids is 1. The predicted molar refractivity (Wildman–Crippen MR) is 75.1 cm³/mol. The van der Waals surface area contributed by atoms with E-state index < -0.39 is 6.04 Å². The van der Waals surface area contributed by atoms with Gasteiger partial charge in [0.05, 0.1) is 17.2 Å². The van der Waals surface area contributed by atoms with E-state index in [4.69, 9.17) is 21.6 Å². The number of anilines is 1. The van der Waals surface area contributed by atoms with E-state index in [1.165, 1.54) is 0 Å². The normalized spacial score (nSPS) is 11.5. The lowest BCUT2D eigenvalue weighted by molar-refractivity contribution is -0.144. The Kier molecular flexibility index (Phi) is 6.17. The average Bonchev–Trinajstić information content (AvgIpc) is 2.39. The highest BCUT2D eigenvalue weighted by molar-refractivity contribution is 6.32. The predicted octanol–water partition coefficient (Wildman–Crippen LogP) is 3.36. The topological polar surface area (TPSA) is 62.1 Å². The summed E-state index contributed by atoms with van der Waals surface area (Å²) in [5.74, 6) is -0.273. The molecule has 1 aromatic carbocycles. The van der Waals surface area contributed by atoms with Crippen molar-refractivity contribution in [3.05, 3.63) is 28.8 Å². The van der Waals surface area contributed by atoms with Gasteiger partial charge in [0.2, 0.25) is 0 Å². The van der Waals surface area contributed by atoms with Crippen LogP contribution >= 0.6 is 11.6 Å². The first-order chi connectivity index (χ1) is 9.12. The Bertz CT molecular complexity index is 483. The largest absolute Gasteiger partial charge is 0.464 e. The highest BCUT2D eigenvalue weighted by Gasteiger charge is 2.18. The second kappa shape index (κ2) is 7.65. The Balaban J connectivity index is 2.82. The van der Waals surface area contributed by atoms with Crippen molar-refractivity contribution in [1.82, 2.24) is 0 Å². The van der Waals surface area contributed by atoms with Gasteiger partial charge in [-0.25, -0.2) is 4.79 Å². The monoisotopic (exact) mass is 280 g/mol. The van der Waals surface area contributed by atoms with Gasteiger partial charge in [-0.05, 0) is 31.5 Å². The number of nitriles is 1. The highest BCUT2D eigenvalue weighted by Crippen LogP contribution is 2.21. The first-order valence-corrected chi connectivity index (χ1v) is 6.63. The number of nitrogens with one attached hydrogen (secondary N) is 1. The number of rotatable bonds is 6. The fraction of sp³-hybridized carbons (Fsp3) is 0.429. The van der Waals surface area contributed by atoms with Crippen molar-refractivity contribution in [2.75, 3.05) is 11.9 Å². The van der Waals surface area contributed by atoms with E-state index in [9.17, 15) is 4.79 Å². The molecule has 0 bridgehead atoms. The van der Waals surface area contributed by atoms with E-state index >= 15 is 0 Å². The van der Waals surface area contributed by atoms with Gasteiger partial charge in [-0.3, -0.25) is 0 Å². The van der Waals surface area contributed by atoms with Gasteiger partial charge < -0.3 is 10.1 Å². The van der Waals surface area contributed by atoms with E-state index in [2.05, 4.69) is 5.32 Å². The van der Waals surface area contributed by atoms with Crippen molar-refractivity contribution < 1.29 is 9.53 Å². The van der Waals surface area contributed by atoms with Crippen LogP contribution in [0.3, 0.4) is 0 Å². The molecule has 5 heteroatoms. The van der Waals surface area contributed by atoms with Gasteiger partial charge in [-0.1, -0.05) is 24.9 Å². The fourth-order valence-electron chi connectivity index (χ4n) is 1.68. The second-order valence-corrected chi connectivity index (χ2v) is 4.45. The van der Waals surface area contributed by atoms with Crippen LogP contribution < -0.4 is 5.32 Å². The first kappa shape index (κ1) is 15.3. The van der Waals surface area contributed by atoms with E-state index in [1.54, 1.807) is 25.1 Å². The number of ether oxygens (including phenoxy) is 1. The number of nitrogens with zero attached hydrogens (tertiary/aromatic N) is 1. The number of benzene rings is 1. The molecule has 0 aliphatic rings. The van der Waals surface area contributed by atoms with E-state index in [-0.39, 0.29) is 5.97 Å². The maximum atomic E-state index is 11.8. The summed E-state index contributed by atoms with van der Waals surface area (Å²) >= 11 is 5.95. The summed E-state index contributed by atoms with van der Waals surface area (Å²) in [5.41, 5.74) is 1.12. The zero-order valence-electron chi connectivity index (χ0n) is 11.1. The van der Waals surface area contributed by atoms with Crippen LogP contribution in [0, 0.1) is 11.3 Å². The third kappa shape index (κ3) is 4.46. The lowest BCUT2D eigenvalue weighted by atomic mass is 10.1. The average molecular weight is 281 g/mol. The van der Waals surface area contributed by atoms with Gasteiger partial charge in [0, 0.05) is 5.69 Å². The minimum absolute atomic E-state index is 0.273. The summed E-state index contributed by atoms with van der Waals surface area (Å²) in [5, 5.41) is 12.3. The van der Waals surface area contributed by atoms with Crippen molar-refractivity contribution in [2.24, 2.45) is 0 Å². The summed E-state index contributed by atoms with van der Waals surface area (Å²) < 4.78 is 5.02. The van der Waals surface area contributed by atoms with Crippen LogP contribution in [0.2, 0.25) is 5.02 Å². The minimum atomic E-state index is -0.394. The van der Waals surface area contributed by atoms with Crippen LogP contribution in [-0.2, 0) is 9.53 Å². The molecule has 19 heavy (non-hydrogen) atoms. The Morgan fingerprint density at radius 2 is 2.26 bits per heavy atom. The molecule has 0 aliphatic heterocycles. The Morgan fingerprint density at radius 1 is 1.53 bits per heavy atom. The molecule has 1 aromatic rings. The Labute approximate surface area is 118 Å².